The molecular formula is C24H19N3O. The molecule has 0 fully saturated rings. The molecule has 0 spiro atoms. The summed E-state index contributed by atoms with van der Waals surface area (Å²) in [5.41, 5.74) is 4.48. The number of hydrogen-bond donors (Lipinski definition) is 0. The number of aromatic nitrogens is 3. The topological polar surface area (TPSA) is 47.8 Å². The molecule has 28 heavy (non-hydrogen) atoms. The van der Waals surface area contributed by atoms with E-state index in [0.717, 1.165) is 11.1 Å². The number of aryl methyl sites for hydroxylation is 1. The maximum atomic E-state index is 12.9. The number of pyridine rings is 1. The van der Waals surface area contributed by atoms with Crippen LogP contribution >= 0.6 is 0 Å². The SMILES string of the molecule is Cc1ccc(Cn2cnc3cnc(C#CCc4ccccc4)cc3c2=O)cc1. The van der Waals surface area contributed by atoms with E-state index in [0.29, 0.717) is 29.6 Å². The first-order valence-electron chi connectivity index (χ1n) is 9.12. The summed E-state index contributed by atoms with van der Waals surface area (Å²) in [4.78, 5) is 21.6. The van der Waals surface area contributed by atoms with Crippen LogP contribution in [0.4, 0.5) is 0 Å². The van der Waals surface area contributed by atoms with Crippen LogP contribution in [0.2, 0.25) is 0 Å². The van der Waals surface area contributed by atoms with Crippen LogP contribution in [0.25, 0.3) is 10.9 Å². The van der Waals surface area contributed by atoms with Crippen LogP contribution in [-0.4, -0.2) is 14.5 Å². The normalized spacial score (nSPS) is 10.5. The van der Waals surface area contributed by atoms with Gasteiger partial charge in [0.15, 0.2) is 0 Å². The lowest BCUT2D eigenvalue weighted by atomic mass is 10.1. The fourth-order valence-corrected chi connectivity index (χ4v) is 2.97. The monoisotopic (exact) mass is 365 g/mol. The molecule has 0 saturated carbocycles. The van der Waals surface area contributed by atoms with E-state index in [1.807, 2.05) is 61.5 Å². The zero-order valence-corrected chi connectivity index (χ0v) is 15.6. The van der Waals surface area contributed by atoms with Crippen LogP contribution in [0, 0.1) is 18.8 Å². The minimum Gasteiger partial charge on any atom is -0.294 e. The van der Waals surface area contributed by atoms with E-state index in [9.17, 15) is 4.79 Å². The summed E-state index contributed by atoms with van der Waals surface area (Å²) in [6.07, 6.45) is 3.83. The summed E-state index contributed by atoms with van der Waals surface area (Å²) in [5.74, 6) is 6.17. The van der Waals surface area contributed by atoms with Crippen molar-refractivity contribution in [2.45, 2.75) is 19.9 Å². The first-order chi connectivity index (χ1) is 13.7. The Morgan fingerprint density at radius 2 is 1.75 bits per heavy atom. The Morgan fingerprint density at radius 3 is 2.54 bits per heavy atom. The average Bonchev–Trinajstić information content (AvgIpc) is 2.73. The van der Waals surface area contributed by atoms with Crippen LogP contribution in [-0.2, 0) is 13.0 Å². The molecule has 2 heterocycles. The molecule has 4 rings (SSSR count). The molecule has 4 heteroatoms. The molecule has 2 aromatic heterocycles. The van der Waals surface area contributed by atoms with Gasteiger partial charge in [0.1, 0.15) is 5.69 Å². The van der Waals surface area contributed by atoms with Gasteiger partial charge < -0.3 is 0 Å². The molecule has 0 unspecified atom stereocenters. The highest BCUT2D eigenvalue weighted by Crippen LogP contribution is 2.09. The van der Waals surface area contributed by atoms with Gasteiger partial charge in [-0.15, -0.1) is 0 Å². The Hall–Kier alpha value is -3.71. The number of benzene rings is 2. The molecule has 4 aromatic rings. The number of hydrogen-bond acceptors (Lipinski definition) is 3. The summed E-state index contributed by atoms with van der Waals surface area (Å²) in [5, 5.41) is 0.536. The van der Waals surface area contributed by atoms with Crippen LogP contribution in [0.5, 0.6) is 0 Å². The third kappa shape index (κ3) is 3.99. The van der Waals surface area contributed by atoms with Crippen molar-refractivity contribution in [3.8, 4) is 11.8 Å². The molecule has 0 radical (unpaired) electrons. The van der Waals surface area contributed by atoms with Crippen molar-refractivity contribution in [1.82, 2.24) is 14.5 Å². The predicted octanol–water partition coefficient (Wildman–Crippen LogP) is 3.74. The Kier molecular flexibility index (Phi) is 4.99. The average molecular weight is 365 g/mol. The zero-order chi connectivity index (χ0) is 19.3. The van der Waals surface area contributed by atoms with Crippen molar-refractivity contribution in [2.75, 3.05) is 0 Å². The van der Waals surface area contributed by atoms with E-state index in [-0.39, 0.29) is 5.56 Å². The van der Waals surface area contributed by atoms with Gasteiger partial charge in [-0.3, -0.25) is 9.36 Å². The lowest BCUT2D eigenvalue weighted by molar-refractivity contribution is 0.748. The van der Waals surface area contributed by atoms with E-state index >= 15 is 0 Å². The molecule has 0 aliphatic carbocycles. The van der Waals surface area contributed by atoms with E-state index < -0.39 is 0 Å². The van der Waals surface area contributed by atoms with Crippen molar-refractivity contribution >= 4 is 10.9 Å². The molecule has 0 N–H and O–H groups in total. The maximum absolute atomic E-state index is 12.9. The Balaban J connectivity index is 1.62. The van der Waals surface area contributed by atoms with Gasteiger partial charge in [0, 0.05) is 6.42 Å². The van der Waals surface area contributed by atoms with Crippen molar-refractivity contribution in [2.24, 2.45) is 0 Å². The smallest absolute Gasteiger partial charge is 0.261 e. The highest BCUT2D eigenvalue weighted by molar-refractivity contribution is 5.77. The van der Waals surface area contributed by atoms with Gasteiger partial charge in [-0.05, 0) is 30.0 Å². The molecule has 136 valence electrons. The van der Waals surface area contributed by atoms with Crippen molar-refractivity contribution < 1.29 is 0 Å². The predicted molar refractivity (Wildman–Crippen MR) is 111 cm³/mol. The van der Waals surface area contributed by atoms with Crippen LogP contribution < -0.4 is 5.56 Å². The lowest BCUT2D eigenvalue weighted by Crippen LogP contribution is -2.21. The third-order valence-corrected chi connectivity index (χ3v) is 4.54. The second-order valence-corrected chi connectivity index (χ2v) is 6.71. The second kappa shape index (κ2) is 7.89. The maximum Gasteiger partial charge on any atom is 0.261 e. The molecule has 0 atom stereocenters. The highest BCUT2D eigenvalue weighted by Gasteiger charge is 2.06. The minimum absolute atomic E-state index is 0.0842. The molecule has 0 aliphatic rings. The second-order valence-electron chi connectivity index (χ2n) is 6.71. The molecule has 0 saturated heterocycles. The van der Waals surface area contributed by atoms with Gasteiger partial charge in [-0.2, -0.15) is 0 Å². The zero-order valence-electron chi connectivity index (χ0n) is 15.6. The van der Waals surface area contributed by atoms with Gasteiger partial charge in [0.25, 0.3) is 5.56 Å². The summed E-state index contributed by atoms with van der Waals surface area (Å²) in [6.45, 7) is 2.53. The standard InChI is InChI=1S/C24H19N3O/c1-18-10-12-20(13-11-18)16-27-17-26-23-15-25-21(14-22(23)24(27)28)9-5-8-19-6-3-2-4-7-19/h2-4,6-7,10-15,17H,8,16H2,1H3. The highest BCUT2D eigenvalue weighted by atomic mass is 16.1. The molecular weight excluding hydrogens is 346 g/mol. The van der Waals surface area contributed by atoms with Crippen LogP contribution in [0.15, 0.2) is 78.0 Å². The van der Waals surface area contributed by atoms with E-state index in [1.54, 1.807) is 23.2 Å². The lowest BCUT2D eigenvalue weighted by Gasteiger charge is -2.07. The van der Waals surface area contributed by atoms with Gasteiger partial charge in [0.2, 0.25) is 0 Å². The van der Waals surface area contributed by atoms with Crippen molar-refractivity contribution in [1.29, 1.82) is 0 Å². The summed E-state index contributed by atoms with van der Waals surface area (Å²) >= 11 is 0. The number of nitrogens with zero attached hydrogens (tertiary/aromatic N) is 3. The Bertz CT molecular complexity index is 1230. The molecule has 0 bridgehead atoms. The molecule has 2 aromatic carbocycles. The van der Waals surface area contributed by atoms with Crippen molar-refractivity contribution in [3.63, 3.8) is 0 Å². The minimum atomic E-state index is -0.0842. The number of fused-ring (bicyclic) bond motifs is 1. The first kappa shape index (κ1) is 17.7. The van der Waals surface area contributed by atoms with Gasteiger partial charge in [-0.25, -0.2) is 9.97 Å². The van der Waals surface area contributed by atoms with Crippen LogP contribution in [0.3, 0.4) is 0 Å². The molecule has 0 aliphatic heterocycles. The quantitative estimate of drug-likeness (QED) is 0.520. The number of rotatable bonds is 3. The Morgan fingerprint density at radius 1 is 0.964 bits per heavy atom. The molecule has 4 nitrogen and oxygen atoms in total. The van der Waals surface area contributed by atoms with Gasteiger partial charge in [0.05, 0.1) is 30.0 Å². The summed E-state index contributed by atoms with van der Waals surface area (Å²) in [6, 6.07) is 19.9. The van der Waals surface area contributed by atoms with E-state index in [2.05, 4.69) is 21.8 Å². The first-order valence-corrected chi connectivity index (χ1v) is 9.12. The van der Waals surface area contributed by atoms with Crippen LogP contribution in [0.1, 0.15) is 22.4 Å². The summed E-state index contributed by atoms with van der Waals surface area (Å²) < 4.78 is 1.62. The van der Waals surface area contributed by atoms with E-state index in [1.165, 1.54) is 5.56 Å². The van der Waals surface area contributed by atoms with E-state index in [4.69, 9.17) is 0 Å². The van der Waals surface area contributed by atoms with Gasteiger partial charge in [-0.1, -0.05) is 66.1 Å². The Labute approximate surface area is 163 Å². The van der Waals surface area contributed by atoms with Gasteiger partial charge >= 0.3 is 0 Å². The fourth-order valence-electron chi connectivity index (χ4n) is 2.97. The largest absolute Gasteiger partial charge is 0.294 e. The summed E-state index contributed by atoms with van der Waals surface area (Å²) in [7, 11) is 0. The third-order valence-electron chi connectivity index (χ3n) is 4.54. The van der Waals surface area contributed by atoms with Crippen molar-refractivity contribution in [3.05, 3.63) is 106 Å². The fraction of sp³-hybridized carbons (Fsp3) is 0.125. The molecule has 0 amide bonds.